The first-order chi connectivity index (χ1) is 8.56. The fraction of sp³-hybridized carbons (Fsp3) is 0.364. The number of halogens is 1. The maximum absolute atomic E-state index is 11.8. The molecule has 1 fully saturated rings. The van der Waals surface area contributed by atoms with Crippen LogP contribution in [0.2, 0.25) is 0 Å². The van der Waals surface area contributed by atoms with Gasteiger partial charge in [-0.1, -0.05) is 0 Å². The fourth-order valence-electron chi connectivity index (χ4n) is 1.82. The van der Waals surface area contributed by atoms with Crippen molar-refractivity contribution in [2.24, 2.45) is 0 Å². The van der Waals surface area contributed by atoms with E-state index in [1.54, 1.807) is 18.3 Å². The number of carbonyl (C=O) groups excluding carboxylic acids is 1. The molecular formula is C11H12BrN3O3. The molecule has 0 bridgehead atoms. The van der Waals surface area contributed by atoms with Gasteiger partial charge < -0.3 is 15.3 Å². The monoisotopic (exact) mass is 313 g/mol. The number of pyridine rings is 1. The maximum atomic E-state index is 11.8. The van der Waals surface area contributed by atoms with Gasteiger partial charge in [0, 0.05) is 29.8 Å². The molecule has 2 heterocycles. The predicted octanol–water partition coefficient (Wildman–Crippen LogP) is 1.33. The Morgan fingerprint density at radius 1 is 1.50 bits per heavy atom. The summed E-state index contributed by atoms with van der Waals surface area (Å²) >= 11 is 3.24. The summed E-state index contributed by atoms with van der Waals surface area (Å²) in [6, 6.07) is 3.21. The number of nitrogens with one attached hydrogen (secondary N) is 1. The lowest BCUT2D eigenvalue weighted by atomic mass is 10.2. The molecule has 1 aromatic rings. The number of aromatic nitrogens is 1. The average Bonchev–Trinajstić information content (AvgIpc) is 2.78. The van der Waals surface area contributed by atoms with Gasteiger partial charge in [-0.2, -0.15) is 0 Å². The zero-order valence-corrected chi connectivity index (χ0v) is 11.1. The van der Waals surface area contributed by atoms with Gasteiger partial charge in [0.25, 0.3) is 5.91 Å². The zero-order valence-electron chi connectivity index (χ0n) is 9.47. The van der Waals surface area contributed by atoms with Crippen molar-refractivity contribution in [3.63, 3.8) is 0 Å². The number of likely N-dealkylation sites (tertiary alicyclic amines) is 1. The van der Waals surface area contributed by atoms with Crippen LogP contribution in [0.3, 0.4) is 0 Å². The predicted molar refractivity (Wildman–Crippen MR) is 67.4 cm³/mol. The Morgan fingerprint density at radius 3 is 2.83 bits per heavy atom. The third kappa shape index (κ3) is 2.98. The minimum absolute atomic E-state index is 0.140. The number of carboxylic acid groups (broad SMARTS) is 1. The lowest BCUT2D eigenvalue weighted by molar-refractivity contribution is 0.0930. The number of rotatable bonds is 2. The zero-order chi connectivity index (χ0) is 13.1. The molecule has 1 saturated heterocycles. The number of hydrogen-bond donors (Lipinski definition) is 2. The van der Waals surface area contributed by atoms with E-state index in [9.17, 15) is 9.59 Å². The van der Waals surface area contributed by atoms with E-state index in [-0.39, 0.29) is 11.9 Å². The molecule has 96 valence electrons. The van der Waals surface area contributed by atoms with Gasteiger partial charge in [-0.15, -0.1) is 0 Å². The Balaban J connectivity index is 1.92. The number of hydrogen-bond acceptors (Lipinski definition) is 3. The van der Waals surface area contributed by atoms with Crippen LogP contribution in [0.25, 0.3) is 0 Å². The molecular weight excluding hydrogens is 302 g/mol. The van der Waals surface area contributed by atoms with E-state index in [1.165, 1.54) is 4.90 Å². The molecule has 1 unspecified atom stereocenters. The van der Waals surface area contributed by atoms with Crippen LogP contribution in [0.15, 0.2) is 22.8 Å². The molecule has 2 N–H and O–H groups in total. The second-order valence-corrected chi connectivity index (χ2v) is 4.96. The molecule has 1 aliphatic rings. The third-order valence-corrected chi connectivity index (χ3v) is 3.22. The van der Waals surface area contributed by atoms with Gasteiger partial charge >= 0.3 is 6.09 Å². The molecule has 7 heteroatoms. The van der Waals surface area contributed by atoms with Crippen LogP contribution in [0.5, 0.6) is 0 Å². The molecule has 2 amide bonds. The van der Waals surface area contributed by atoms with Crippen LogP contribution in [-0.4, -0.2) is 46.1 Å². The number of amides is 2. The molecule has 1 aromatic heterocycles. The van der Waals surface area contributed by atoms with Gasteiger partial charge in [0.1, 0.15) is 5.69 Å². The largest absolute Gasteiger partial charge is 0.465 e. The highest BCUT2D eigenvalue weighted by atomic mass is 79.9. The number of carbonyl (C=O) groups is 2. The molecule has 0 radical (unpaired) electrons. The van der Waals surface area contributed by atoms with Crippen molar-refractivity contribution in [1.29, 1.82) is 0 Å². The van der Waals surface area contributed by atoms with Crippen molar-refractivity contribution < 1.29 is 14.7 Å². The van der Waals surface area contributed by atoms with E-state index in [2.05, 4.69) is 26.2 Å². The van der Waals surface area contributed by atoms with Crippen LogP contribution in [-0.2, 0) is 0 Å². The van der Waals surface area contributed by atoms with E-state index in [0.29, 0.717) is 25.2 Å². The van der Waals surface area contributed by atoms with Crippen molar-refractivity contribution in [1.82, 2.24) is 15.2 Å². The highest BCUT2D eigenvalue weighted by Gasteiger charge is 2.27. The Labute approximate surface area is 112 Å². The molecule has 0 aromatic carbocycles. The van der Waals surface area contributed by atoms with Gasteiger partial charge in [-0.05, 0) is 34.5 Å². The van der Waals surface area contributed by atoms with Crippen LogP contribution < -0.4 is 5.32 Å². The summed E-state index contributed by atoms with van der Waals surface area (Å²) < 4.78 is 0.803. The smallest absolute Gasteiger partial charge is 0.407 e. The molecule has 0 aliphatic carbocycles. The van der Waals surface area contributed by atoms with Crippen LogP contribution in [0.4, 0.5) is 4.79 Å². The highest BCUT2D eigenvalue weighted by Crippen LogP contribution is 2.11. The van der Waals surface area contributed by atoms with Gasteiger partial charge in [0.15, 0.2) is 0 Å². The van der Waals surface area contributed by atoms with Crippen molar-refractivity contribution in [3.05, 3.63) is 28.5 Å². The molecule has 2 rings (SSSR count). The Morgan fingerprint density at radius 2 is 2.28 bits per heavy atom. The number of nitrogens with zero attached hydrogens (tertiary/aromatic N) is 2. The maximum Gasteiger partial charge on any atom is 0.407 e. The second kappa shape index (κ2) is 5.34. The van der Waals surface area contributed by atoms with Crippen molar-refractivity contribution in [2.75, 3.05) is 13.1 Å². The molecule has 1 atom stereocenters. The first-order valence-corrected chi connectivity index (χ1v) is 6.26. The van der Waals surface area contributed by atoms with Crippen LogP contribution in [0, 0.1) is 0 Å². The third-order valence-electron chi connectivity index (χ3n) is 2.75. The van der Waals surface area contributed by atoms with Crippen LogP contribution >= 0.6 is 15.9 Å². The Kier molecular flexibility index (Phi) is 3.81. The summed E-state index contributed by atoms with van der Waals surface area (Å²) in [5.74, 6) is -0.278. The quantitative estimate of drug-likeness (QED) is 0.863. The summed E-state index contributed by atoms with van der Waals surface area (Å²) in [5.41, 5.74) is 0.326. The van der Waals surface area contributed by atoms with Crippen molar-refractivity contribution in [3.8, 4) is 0 Å². The van der Waals surface area contributed by atoms with Crippen molar-refractivity contribution >= 4 is 27.9 Å². The summed E-state index contributed by atoms with van der Waals surface area (Å²) in [6.45, 7) is 0.783. The van der Waals surface area contributed by atoms with Gasteiger partial charge in [0.2, 0.25) is 0 Å². The van der Waals surface area contributed by atoms with Gasteiger partial charge in [-0.3, -0.25) is 4.79 Å². The summed E-state index contributed by atoms with van der Waals surface area (Å²) in [7, 11) is 0. The molecule has 0 spiro atoms. The SMILES string of the molecule is O=C(NC1CCN(C(=O)O)C1)c1ccc(Br)cn1. The fourth-order valence-corrected chi connectivity index (χ4v) is 2.06. The first-order valence-electron chi connectivity index (χ1n) is 5.46. The van der Waals surface area contributed by atoms with E-state index >= 15 is 0 Å². The van der Waals surface area contributed by atoms with Gasteiger partial charge in [-0.25, -0.2) is 9.78 Å². The van der Waals surface area contributed by atoms with E-state index < -0.39 is 6.09 Å². The highest BCUT2D eigenvalue weighted by molar-refractivity contribution is 9.10. The topological polar surface area (TPSA) is 82.5 Å². The summed E-state index contributed by atoms with van der Waals surface area (Å²) in [5, 5.41) is 11.6. The minimum atomic E-state index is -0.950. The molecule has 1 aliphatic heterocycles. The second-order valence-electron chi connectivity index (χ2n) is 4.05. The van der Waals surface area contributed by atoms with E-state index in [1.807, 2.05) is 0 Å². The lowest BCUT2D eigenvalue weighted by Gasteiger charge is -2.13. The Bertz CT molecular complexity index is 463. The van der Waals surface area contributed by atoms with Gasteiger partial charge in [0.05, 0.1) is 0 Å². The standard InChI is InChI=1S/C11H12BrN3O3/c12-7-1-2-9(13-5-7)10(16)14-8-3-4-15(6-8)11(17)18/h1-2,5,8H,3-4,6H2,(H,14,16)(H,17,18). The molecule has 18 heavy (non-hydrogen) atoms. The lowest BCUT2D eigenvalue weighted by Crippen LogP contribution is -2.38. The van der Waals surface area contributed by atoms with E-state index in [0.717, 1.165) is 4.47 Å². The average molecular weight is 314 g/mol. The molecule has 0 saturated carbocycles. The summed E-state index contributed by atoms with van der Waals surface area (Å²) in [4.78, 5) is 27.8. The van der Waals surface area contributed by atoms with E-state index in [4.69, 9.17) is 5.11 Å². The van der Waals surface area contributed by atoms with Crippen LogP contribution in [0.1, 0.15) is 16.9 Å². The van der Waals surface area contributed by atoms with Crippen molar-refractivity contribution in [2.45, 2.75) is 12.5 Å². The Hall–Kier alpha value is -1.63. The normalized spacial score (nSPS) is 18.7. The summed E-state index contributed by atoms with van der Waals surface area (Å²) in [6.07, 6.45) is 1.23. The first kappa shape index (κ1) is 12.8. The minimum Gasteiger partial charge on any atom is -0.465 e. The molecule has 6 nitrogen and oxygen atoms in total.